The molecule has 0 bridgehead atoms. The molecule has 2 aromatic carbocycles. The van der Waals surface area contributed by atoms with E-state index < -0.39 is 0 Å². The first-order valence-electron chi connectivity index (χ1n) is 7.57. The van der Waals surface area contributed by atoms with Crippen molar-refractivity contribution < 1.29 is 13.9 Å². The Kier molecular flexibility index (Phi) is 4.77. The van der Waals surface area contributed by atoms with Crippen LogP contribution in [0.2, 0.25) is 0 Å². The Morgan fingerprint density at radius 2 is 1.67 bits per heavy atom. The van der Waals surface area contributed by atoms with Gasteiger partial charge in [-0.2, -0.15) is 0 Å². The molecule has 1 N–H and O–H groups in total. The summed E-state index contributed by atoms with van der Waals surface area (Å²) in [5.41, 5.74) is 0.695. The molecule has 1 heterocycles. The molecule has 24 heavy (non-hydrogen) atoms. The van der Waals surface area contributed by atoms with Crippen molar-refractivity contribution in [3.8, 4) is 11.5 Å². The summed E-state index contributed by atoms with van der Waals surface area (Å²) >= 11 is 0. The average molecular weight is 319 g/mol. The third-order valence-corrected chi connectivity index (χ3v) is 3.26. The zero-order valence-electron chi connectivity index (χ0n) is 13.2. The lowest BCUT2D eigenvalue weighted by molar-refractivity contribution is -0.111. The zero-order chi connectivity index (χ0) is 16.8. The van der Waals surface area contributed by atoms with Crippen molar-refractivity contribution >= 4 is 17.7 Å². The lowest BCUT2D eigenvalue weighted by atomic mass is 10.3. The van der Waals surface area contributed by atoms with E-state index in [1.807, 2.05) is 61.5 Å². The molecule has 0 radical (unpaired) electrons. The summed E-state index contributed by atoms with van der Waals surface area (Å²) in [7, 11) is 0. The van der Waals surface area contributed by atoms with Gasteiger partial charge in [0.25, 0.3) is 0 Å². The number of furan rings is 1. The number of hydrogen-bond acceptors (Lipinski definition) is 3. The van der Waals surface area contributed by atoms with Gasteiger partial charge in [0, 0.05) is 11.8 Å². The van der Waals surface area contributed by atoms with Crippen LogP contribution in [0.5, 0.6) is 11.5 Å². The molecule has 120 valence electrons. The molecule has 1 aromatic heterocycles. The number of aryl methyl sites for hydroxylation is 1. The number of hydrogen-bond donors (Lipinski definition) is 1. The molecule has 0 saturated carbocycles. The SMILES string of the molecule is Cc1ccc(/C=C/C(=O)Nc2ccc(Oc3ccccc3)cc2)o1. The number of nitrogens with one attached hydrogen (secondary N) is 1. The second kappa shape index (κ2) is 7.33. The molecule has 0 unspecified atom stereocenters. The zero-order valence-corrected chi connectivity index (χ0v) is 13.2. The minimum absolute atomic E-state index is 0.221. The molecule has 0 aliphatic carbocycles. The molecule has 0 atom stereocenters. The van der Waals surface area contributed by atoms with Crippen LogP contribution >= 0.6 is 0 Å². The van der Waals surface area contributed by atoms with E-state index in [0.717, 1.165) is 11.5 Å². The molecule has 0 fully saturated rings. The smallest absolute Gasteiger partial charge is 0.248 e. The van der Waals surface area contributed by atoms with Crippen molar-refractivity contribution in [3.63, 3.8) is 0 Å². The van der Waals surface area contributed by atoms with Gasteiger partial charge in [-0.05, 0) is 61.5 Å². The van der Waals surface area contributed by atoms with Crippen LogP contribution in [0.1, 0.15) is 11.5 Å². The summed E-state index contributed by atoms with van der Waals surface area (Å²) < 4.78 is 11.1. The average Bonchev–Trinajstić information content (AvgIpc) is 3.01. The minimum Gasteiger partial charge on any atom is -0.462 e. The first-order chi connectivity index (χ1) is 11.7. The molecular weight excluding hydrogens is 302 g/mol. The second-order valence-corrected chi connectivity index (χ2v) is 5.21. The number of para-hydroxylation sites is 1. The molecule has 0 spiro atoms. The maximum absolute atomic E-state index is 11.9. The Balaban J connectivity index is 1.57. The van der Waals surface area contributed by atoms with Crippen molar-refractivity contribution in [3.05, 3.63) is 84.3 Å². The first kappa shape index (κ1) is 15.6. The number of carbonyl (C=O) groups excluding carboxylic acids is 1. The Labute approximate surface area is 140 Å². The lowest BCUT2D eigenvalue weighted by Gasteiger charge is -2.07. The van der Waals surface area contributed by atoms with E-state index >= 15 is 0 Å². The maximum Gasteiger partial charge on any atom is 0.248 e. The van der Waals surface area contributed by atoms with Gasteiger partial charge < -0.3 is 14.5 Å². The fourth-order valence-electron chi connectivity index (χ4n) is 2.12. The molecule has 1 amide bonds. The van der Waals surface area contributed by atoms with Crippen molar-refractivity contribution in [2.24, 2.45) is 0 Å². The molecule has 4 nitrogen and oxygen atoms in total. The topological polar surface area (TPSA) is 51.5 Å². The monoisotopic (exact) mass is 319 g/mol. The van der Waals surface area contributed by atoms with Gasteiger partial charge in [-0.1, -0.05) is 18.2 Å². The van der Waals surface area contributed by atoms with E-state index in [-0.39, 0.29) is 5.91 Å². The lowest BCUT2D eigenvalue weighted by Crippen LogP contribution is -2.07. The van der Waals surface area contributed by atoms with Crippen LogP contribution < -0.4 is 10.1 Å². The number of ether oxygens (including phenoxy) is 1. The third-order valence-electron chi connectivity index (χ3n) is 3.26. The quantitative estimate of drug-likeness (QED) is 0.671. The highest BCUT2D eigenvalue weighted by Crippen LogP contribution is 2.22. The molecule has 0 aliphatic heterocycles. The van der Waals surface area contributed by atoms with Crippen LogP contribution in [0.3, 0.4) is 0 Å². The number of amides is 1. The Bertz CT molecular complexity index is 833. The van der Waals surface area contributed by atoms with Crippen molar-refractivity contribution in [1.29, 1.82) is 0 Å². The summed E-state index contributed by atoms with van der Waals surface area (Å²) in [6, 6.07) is 20.4. The van der Waals surface area contributed by atoms with Crippen LogP contribution in [-0.4, -0.2) is 5.91 Å². The fraction of sp³-hybridized carbons (Fsp3) is 0.0500. The molecule has 0 aliphatic rings. The Morgan fingerprint density at radius 3 is 2.33 bits per heavy atom. The van der Waals surface area contributed by atoms with Gasteiger partial charge in [0.2, 0.25) is 5.91 Å². The summed E-state index contributed by atoms with van der Waals surface area (Å²) in [5.74, 6) is 2.71. The second-order valence-electron chi connectivity index (χ2n) is 5.21. The van der Waals surface area contributed by atoms with Crippen molar-refractivity contribution in [2.75, 3.05) is 5.32 Å². The summed E-state index contributed by atoms with van der Waals surface area (Å²) in [6.45, 7) is 1.86. The molecular formula is C20H17NO3. The van der Waals surface area contributed by atoms with Crippen molar-refractivity contribution in [1.82, 2.24) is 0 Å². The molecule has 3 rings (SSSR count). The minimum atomic E-state index is -0.221. The van der Waals surface area contributed by atoms with Crippen LogP contribution in [0.4, 0.5) is 5.69 Å². The number of anilines is 1. The Hall–Kier alpha value is -3.27. The third kappa shape index (κ3) is 4.36. The molecule has 4 heteroatoms. The summed E-state index contributed by atoms with van der Waals surface area (Å²) in [5, 5.41) is 2.79. The van der Waals surface area contributed by atoms with Gasteiger partial charge in [-0.15, -0.1) is 0 Å². The summed E-state index contributed by atoms with van der Waals surface area (Å²) in [6.07, 6.45) is 3.07. The van der Waals surface area contributed by atoms with Gasteiger partial charge in [0.1, 0.15) is 23.0 Å². The highest BCUT2D eigenvalue weighted by atomic mass is 16.5. The first-order valence-corrected chi connectivity index (χ1v) is 7.57. The van der Waals surface area contributed by atoms with Crippen LogP contribution in [-0.2, 0) is 4.79 Å². The number of carbonyl (C=O) groups is 1. The van der Waals surface area contributed by atoms with Gasteiger partial charge in [-0.3, -0.25) is 4.79 Å². The van der Waals surface area contributed by atoms with Crippen LogP contribution in [0.25, 0.3) is 6.08 Å². The van der Waals surface area contributed by atoms with E-state index in [1.54, 1.807) is 18.2 Å². The number of benzene rings is 2. The van der Waals surface area contributed by atoms with Gasteiger partial charge in [-0.25, -0.2) is 0 Å². The molecule has 0 saturated heterocycles. The van der Waals surface area contributed by atoms with E-state index in [9.17, 15) is 4.79 Å². The van der Waals surface area contributed by atoms with E-state index in [4.69, 9.17) is 9.15 Å². The highest BCUT2D eigenvalue weighted by Gasteiger charge is 2.01. The van der Waals surface area contributed by atoms with Crippen molar-refractivity contribution in [2.45, 2.75) is 6.92 Å². The van der Waals surface area contributed by atoms with Gasteiger partial charge in [0.15, 0.2) is 0 Å². The summed E-state index contributed by atoms with van der Waals surface area (Å²) in [4.78, 5) is 11.9. The fourth-order valence-corrected chi connectivity index (χ4v) is 2.12. The van der Waals surface area contributed by atoms with Crippen LogP contribution in [0.15, 0.2) is 77.2 Å². The maximum atomic E-state index is 11.9. The van der Waals surface area contributed by atoms with Gasteiger partial charge in [0.05, 0.1) is 0 Å². The van der Waals surface area contributed by atoms with Crippen LogP contribution in [0, 0.1) is 6.92 Å². The van der Waals surface area contributed by atoms with Gasteiger partial charge >= 0.3 is 0 Å². The molecule has 3 aromatic rings. The Morgan fingerprint density at radius 1 is 0.958 bits per heavy atom. The standard InChI is InChI=1S/C20H17NO3/c1-15-7-10-18(23-15)13-14-20(22)21-16-8-11-19(12-9-16)24-17-5-3-2-4-6-17/h2-14H,1H3,(H,21,22)/b14-13+. The number of rotatable bonds is 5. The predicted molar refractivity (Wildman–Crippen MR) is 94.1 cm³/mol. The highest BCUT2D eigenvalue weighted by molar-refractivity contribution is 6.01. The van der Waals surface area contributed by atoms with E-state index in [2.05, 4.69) is 5.32 Å². The predicted octanol–water partition coefficient (Wildman–Crippen LogP) is 5.03. The van der Waals surface area contributed by atoms with E-state index in [1.165, 1.54) is 6.08 Å². The van der Waals surface area contributed by atoms with E-state index in [0.29, 0.717) is 17.2 Å². The normalized spacial score (nSPS) is 10.7. The largest absolute Gasteiger partial charge is 0.462 e.